The average Bonchev–Trinajstić information content (AvgIpc) is 2.89. The SMILES string of the molecule is COc1cccc(CC2(Cc3ccccc3)CCNC2=O)c1. The number of rotatable bonds is 5. The lowest BCUT2D eigenvalue weighted by Gasteiger charge is -2.26. The van der Waals surface area contributed by atoms with Crippen molar-refractivity contribution in [1.29, 1.82) is 0 Å². The molecule has 1 fully saturated rings. The van der Waals surface area contributed by atoms with Crippen LogP contribution in [0, 0.1) is 5.41 Å². The average molecular weight is 295 g/mol. The zero-order valence-electron chi connectivity index (χ0n) is 12.8. The molecule has 0 aromatic heterocycles. The molecule has 0 saturated carbocycles. The number of methoxy groups -OCH3 is 1. The summed E-state index contributed by atoms with van der Waals surface area (Å²) < 4.78 is 5.30. The Balaban J connectivity index is 1.88. The molecular weight excluding hydrogens is 274 g/mol. The van der Waals surface area contributed by atoms with Crippen LogP contribution in [0.1, 0.15) is 17.5 Å². The second-order valence-corrected chi connectivity index (χ2v) is 5.98. The van der Waals surface area contributed by atoms with Crippen molar-refractivity contribution in [3.8, 4) is 5.75 Å². The molecule has 114 valence electrons. The number of benzene rings is 2. The molecule has 3 heteroatoms. The predicted octanol–water partition coefficient (Wildman–Crippen LogP) is 2.99. The summed E-state index contributed by atoms with van der Waals surface area (Å²) >= 11 is 0. The summed E-state index contributed by atoms with van der Waals surface area (Å²) in [4.78, 5) is 12.5. The van der Waals surface area contributed by atoms with Crippen LogP contribution in [-0.4, -0.2) is 19.6 Å². The third-order valence-corrected chi connectivity index (χ3v) is 4.43. The van der Waals surface area contributed by atoms with E-state index in [-0.39, 0.29) is 11.3 Å². The molecule has 1 heterocycles. The summed E-state index contributed by atoms with van der Waals surface area (Å²) in [6.45, 7) is 0.760. The van der Waals surface area contributed by atoms with Gasteiger partial charge in [-0.15, -0.1) is 0 Å². The van der Waals surface area contributed by atoms with Gasteiger partial charge in [0.25, 0.3) is 0 Å². The monoisotopic (exact) mass is 295 g/mol. The number of amides is 1. The Kier molecular flexibility index (Phi) is 4.14. The van der Waals surface area contributed by atoms with E-state index in [0.29, 0.717) is 0 Å². The maximum atomic E-state index is 12.5. The molecule has 1 aliphatic heterocycles. The minimum Gasteiger partial charge on any atom is -0.497 e. The molecule has 22 heavy (non-hydrogen) atoms. The van der Waals surface area contributed by atoms with Crippen molar-refractivity contribution in [2.75, 3.05) is 13.7 Å². The third kappa shape index (κ3) is 2.98. The van der Waals surface area contributed by atoms with Crippen LogP contribution in [0.5, 0.6) is 5.75 Å². The fraction of sp³-hybridized carbons (Fsp3) is 0.316. The predicted molar refractivity (Wildman–Crippen MR) is 86.9 cm³/mol. The van der Waals surface area contributed by atoms with Crippen molar-refractivity contribution < 1.29 is 9.53 Å². The van der Waals surface area contributed by atoms with Crippen LogP contribution in [0.4, 0.5) is 0 Å². The highest BCUT2D eigenvalue weighted by atomic mass is 16.5. The van der Waals surface area contributed by atoms with Crippen LogP contribution in [-0.2, 0) is 17.6 Å². The molecule has 1 aliphatic rings. The molecule has 1 saturated heterocycles. The standard InChI is InChI=1S/C19H21NO2/c1-22-17-9-5-8-16(12-17)14-19(10-11-20-18(19)21)13-15-6-3-2-4-7-15/h2-9,12H,10-11,13-14H2,1H3,(H,20,21). The lowest BCUT2D eigenvalue weighted by atomic mass is 9.75. The zero-order valence-corrected chi connectivity index (χ0v) is 12.8. The van der Waals surface area contributed by atoms with E-state index in [1.165, 1.54) is 5.56 Å². The second kappa shape index (κ2) is 6.22. The van der Waals surface area contributed by atoms with Gasteiger partial charge in [0.2, 0.25) is 5.91 Å². The fourth-order valence-corrected chi connectivity index (χ4v) is 3.28. The van der Waals surface area contributed by atoms with E-state index in [2.05, 4.69) is 23.5 Å². The largest absolute Gasteiger partial charge is 0.497 e. The van der Waals surface area contributed by atoms with Gasteiger partial charge in [-0.05, 0) is 42.5 Å². The number of carbonyl (C=O) groups is 1. The van der Waals surface area contributed by atoms with Crippen molar-refractivity contribution in [2.45, 2.75) is 19.3 Å². The van der Waals surface area contributed by atoms with Crippen LogP contribution in [0.2, 0.25) is 0 Å². The van der Waals surface area contributed by atoms with Crippen molar-refractivity contribution in [1.82, 2.24) is 5.32 Å². The molecule has 1 amide bonds. The van der Waals surface area contributed by atoms with E-state index in [4.69, 9.17) is 4.74 Å². The minimum absolute atomic E-state index is 0.166. The number of hydrogen-bond acceptors (Lipinski definition) is 2. The van der Waals surface area contributed by atoms with Crippen LogP contribution in [0.25, 0.3) is 0 Å². The summed E-state index contributed by atoms with van der Waals surface area (Å²) in [6.07, 6.45) is 2.39. The first-order valence-corrected chi connectivity index (χ1v) is 7.67. The quantitative estimate of drug-likeness (QED) is 0.921. The molecule has 3 nitrogen and oxygen atoms in total. The summed E-state index contributed by atoms with van der Waals surface area (Å²) in [5.41, 5.74) is 2.00. The highest BCUT2D eigenvalue weighted by Gasteiger charge is 2.42. The van der Waals surface area contributed by atoms with E-state index in [0.717, 1.165) is 37.1 Å². The van der Waals surface area contributed by atoms with Gasteiger partial charge in [0.1, 0.15) is 5.75 Å². The molecule has 0 aliphatic carbocycles. The summed E-state index contributed by atoms with van der Waals surface area (Å²) in [7, 11) is 1.67. The first kappa shape index (κ1) is 14.6. The van der Waals surface area contributed by atoms with E-state index in [1.54, 1.807) is 7.11 Å². The first-order chi connectivity index (χ1) is 10.7. The Morgan fingerprint density at radius 1 is 1.05 bits per heavy atom. The topological polar surface area (TPSA) is 38.3 Å². The van der Waals surface area contributed by atoms with Crippen molar-refractivity contribution >= 4 is 5.91 Å². The number of nitrogens with one attached hydrogen (secondary N) is 1. The van der Waals surface area contributed by atoms with Gasteiger partial charge in [-0.3, -0.25) is 4.79 Å². The van der Waals surface area contributed by atoms with Gasteiger partial charge in [0.15, 0.2) is 0 Å². The summed E-state index contributed by atoms with van der Waals surface area (Å²) in [5.74, 6) is 1.00. The summed E-state index contributed by atoms with van der Waals surface area (Å²) in [6, 6.07) is 18.3. The highest BCUT2D eigenvalue weighted by molar-refractivity contribution is 5.85. The van der Waals surface area contributed by atoms with Crippen LogP contribution >= 0.6 is 0 Å². The van der Waals surface area contributed by atoms with Gasteiger partial charge in [0.05, 0.1) is 12.5 Å². The second-order valence-electron chi connectivity index (χ2n) is 5.98. The molecule has 3 rings (SSSR count). The fourth-order valence-electron chi connectivity index (χ4n) is 3.28. The van der Waals surface area contributed by atoms with Crippen molar-refractivity contribution in [3.63, 3.8) is 0 Å². The third-order valence-electron chi connectivity index (χ3n) is 4.43. The maximum absolute atomic E-state index is 12.5. The lowest BCUT2D eigenvalue weighted by molar-refractivity contribution is -0.127. The van der Waals surface area contributed by atoms with Crippen LogP contribution < -0.4 is 10.1 Å². The minimum atomic E-state index is -0.353. The van der Waals surface area contributed by atoms with Gasteiger partial charge in [-0.2, -0.15) is 0 Å². The normalized spacial score (nSPS) is 20.7. The number of carbonyl (C=O) groups excluding carboxylic acids is 1. The lowest BCUT2D eigenvalue weighted by Crippen LogP contribution is -2.35. The van der Waals surface area contributed by atoms with E-state index in [1.807, 2.05) is 36.4 Å². The highest BCUT2D eigenvalue weighted by Crippen LogP contribution is 2.35. The van der Waals surface area contributed by atoms with Crippen molar-refractivity contribution in [2.24, 2.45) is 5.41 Å². The molecule has 2 aromatic rings. The van der Waals surface area contributed by atoms with E-state index in [9.17, 15) is 4.79 Å². The Morgan fingerprint density at radius 2 is 1.77 bits per heavy atom. The van der Waals surface area contributed by atoms with Gasteiger partial charge in [0, 0.05) is 6.54 Å². The van der Waals surface area contributed by atoms with Crippen molar-refractivity contribution in [3.05, 3.63) is 65.7 Å². The number of ether oxygens (including phenoxy) is 1. The Labute approximate surface area is 131 Å². The van der Waals surface area contributed by atoms with Crippen LogP contribution in [0.15, 0.2) is 54.6 Å². The van der Waals surface area contributed by atoms with Gasteiger partial charge in [-0.25, -0.2) is 0 Å². The zero-order chi connectivity index (χ0) is 15.4. The number of hydrogen-bond donors (Lipinski definition) is 1. The summed E-state index contributed by atoms with van der Waals surface area (Å²) in [5, 5.41) is 3.01. The molecule has 1 atom stereocenters. The molecule has 2 aromatic carbocycles. The molecule has 1 N–H and O–H groups in total. The Morgan fingerprint density at radius 3 is 2.45 bits per heavy atom. The molecule has 0 bridgehead atoms. The Bertz CT molecular complexity index is 653. The molecule has 0 spiro atoms. The molecule has 1 unspecified atom stereocenters. The van der Waals surface area contributed by atoms with Gasteiger partial charge < -0.3 is 10.1 Å². The van der Waals surface area contributed by atoms with E-state index < -0.39 is 0 Å². The molecule has 0 radical (unpaired) electrons. The van der Waals surface area contributed by atoms with Crippen LogP contribution in [0.3, 0.4) is 0 Å². The van der Waals surface area contributed by atoms with Gasteiger partial charge in [-0.1, -0.05) is 42.5 Å². The molecular formula is C19H21NO2. The van der Waals surface area contributed by atoms with Gasteiger partial charge >= 0.3 is 0 Å². The maximum Gasteiger partial charge on any atom is 0.226 e. The van der Waals surface area contributed by atoms with E-state index >= 15 is 0 Å². The smallest absolute Gasteiger partial charge is 0.226 e. The first-order valence-electron chi connectivity index (χ1n) is 7.67. The Hall–Kier alpha value is -2.29.